The predicted octanol–water partition coefficient (Wildman–Crippen LogP) is 1.95. The highest BCUT2D eigenvalue weighted by Gasteiger charge is 2.06. The first-order valence-corrected chi connectivity index (χ1v) is 5.56. The van der Waals surface area contributed by atoms with Gasteiger partial charge in [-0.05, 0) is 48.5 Å². The summed E-state index contributed by atoms with van der Waals surface area (Å²) in [5.74, 6) is -0.837. The van der Waals surface area contributed by atoms with E-state index in [1.54, 1.807) is 24.3 Å². The molecule has 5 heteroatoms. The summed E-state index contributed by atoms with van der Waals surface area (Å²) in [5, 5.41) is 0. The van der Waals surface area contributed by atoms with Gasteiger partial charge in [0.15, 0.2) is 0 Å². The van der Waals surface area contributed by atoms with Crippen LogP contribution in [0.3, 0.4) is 0 Å². The molecule has 0 aromatic heterocycles. The van der Waals surface area contributed by atoms with E-state index in [0.29, 0.717) is 11.3 Å². The van der Waals surface area contributed by atoms with Crippen molar-refractivity contribution in [1.29, 1.82) is 0 Å². The Hall–Kier alpha value is -2.69. The second kappa shape index (κ2) is 5.30. The zero-order valence-corrected chi connectivity index (χ0v) is 10.0. The van der Waals surface area contributed by atoms with Gasteiger partial charge < -0.3 is 11.5 Å². The fourth-order valence-electron chi connectivity index (χ4n) is 1.48. The van der Waals surface area contributed by atoms with E-state index in [9.17, 15) is 9.18 Å². The first-order chi connectivity index (χ1) is 9.06. The number of nitrogens with two attached hydrogens (primary N) is 2. The van der Waals surface area contributed by atoms with Gasteiger partial charge >= 0.3 is 0 Å². The predicted molar refractivity (Wildman–Crippen MR) is 72.3 cm³/mol. The third kappa shape index (κ3) is 3.16. The van der Waals surface area contributed by atoms with Gasteiger partial charge in [0, 0.05) is 16.8 Å². The number of amides is 1. The van der Waals surface area contributed by atoms with Crippen LogP contribution in [0.15, 0.2) is 53.5 Å². The minimum absolute atomic E-state index is 0.0920. The van der Waals surface area contributed by atoms with Crippen molar-refractivity contribution in [2.24, 2.45) is 10.7 Å². The Balaban J connectivity index is 2.22. The number of rotatable bonds is 2. The average Bonchev–Trinajstić information content (AvgIpc) is 2.40. The first-order valence-electron chi connectivity index (χ1n) is 5.56. The third-order valence-corrected chi connectivity index (χ3v) is 2.52. The lowest BCUT2D eigenvalue weighted by Crippen LogP contribution is -2.15. The molecule has 1 amide bonds. The number of aliphatic imine (C=N–C) groups is 1. The first kappa shape index (κ1) is 12.8. The van der Waals surface area contributed by atoms with Gasteiger partial charge in [0.05, 0.1) is 0 Å². The van der Waals surface area contributed by atoms with Gasteiger partial charge in [-0.1, -0.05) is 0 Å². The number of hydrogen-bond donors (Lipinski definition) is 2. The fourth-order valence-corrected chi connectivity index (χ4v) is 1.48. The number of halogens is 1. The Labute approximate surface area is 109 Å². The molecule has 4 nitrogen and oxygen atoms in total. The molecule has 0 fully saturated rings. The monoisotopic (exact) mass is 257 g/mol. The number of carbonyl (C=O) groups is 1. The maximum absolute atomic E-state index is 12.7. The molecule has 0 aliphatic heterocycles. The summed E-state index contributed by atoms with van der Waals surface area (Å²) < 4.78 is 12.7. The lowest BCUT2D eigenvalue weighted by molar-refractivity contribution is 0.100. The molecule has 0 atom stereocenters. The summed E-state index contributed by atoms with van der Waals surface area (Å²) in [6.45, 7) is 0. The van der Waals surface area contributed by atoms with E-state index in [0.717, 1.165) is 0 Å². The van der Waals surface area contributed by atoms with Crippen molar-refractivity contribution in [2.75, 3.05) is 5.73 Å². The lowest BCUT2D eigenvalue weighted by Gasteiger charge is -2.01. The van der Waals surface area contributed by atoms with E-state index in [-0.39, 0.29) is 11.4 Å². The molecular formula is C14H12FN3O. The van der Waals surface area contributed by atoms with Crippen LogP contribution in [0.1, 0.15) is 15.9 Å². The average molecular weight is 257 g/mol. The SMILES string of the molecule is NC(=NC(=O)c1ccc(F)cc1)c1ccc(N)cc1. The zero-order valence-electron chi connectivity index (χ0n) is 10.0. The quantitative estimate of drug-likeness (QED) is 0.490. The molecule has 0 radical (unpaired) electrons. The van der Waals surface area contributed by atoms with Gasteiger partial charge in [-0.2, -0.15) is 4.99 Å². The van der Waals surface area contributed by atoms with Crippen LogP contribution >= 0.6 is 0 Å². The van der Waals surface area contributed by atoms with Crippen LogP contribution in [0.25, 0.3) is 0 Å². The maximum atomic E-state index is 12.7. The van der Waals surface area contributed by atoms with Crippen molar-refractivity contribution in [3.8, 4) is 0 Å². The molecule has 0 spiro atoms. The van der Waals surface area contributed by atoms with Crippen molar-refractivity contribution in [3.63, 3.8) is 0 Å². The molecule has 2 aromatic rings. The van der Waals surface area contributed by atoms with Crippen molar-refractivity contribution in [3.05, 3.63) is 65.5 Å². The van der Waals surface area contributed by atoms with Crippen LogP contribution in [0.4, 0.5) is 10.1 Å². The minimum atomic E-state index is -0.519. The fraction of sp³-hybridized carbons (Fsp3) is 0. The van der Waals surface area contributed by atoms with Crippen LogP contribution < -0.4 is 11.5 Å². The Morgan fingerprint density at radius 3 is 2.05 bits per heavy atom. The van der Waals surface area contributed by atoms with Crippen LogP contribution in [-0.2, 0) is 0 Å². The molecule has 4 N–H and O–H groups in total. The van der Waals surface area contributed by atoms with E-state index < -0.39 is 11.7 Å². The molecule has 0 heterocycles. The zero-order chi connectivity index (χ0) is 13.8. The molecular weight excluding hydrogens is 245 g/mol. The highest BCUT2D eigenvalue weighted by molar-refractivity contribution is 6.08. The van der Waals surface area contributed by atoms with Crippen LogP contribution in [-0.4, -0.2) is 11.7 Å². The third-order valence-electron chi connectivity index (χ3n) is 2.52. The van der Waals surface area contributed by atoms with Gasteiger partial charge in [0.2, 0.25) is 0 Å². The smallest absolute Gasteiger partial charge is 0.278 e. The number of hydrogen-bond acceptors (Lipinski definition) is 2. The summed E-state index contributed by atoms with van der Waals surface area (Å²) in [5.41, 5.74) is 12.8. The van der Waals surface area contributed by atoms with Crippen molar-refractivity contribution in [2.45, 2.75) is 0 Å². The number of nitrogen functional groups attached to an aromatic ring is 1. The van der Waals surface area contributed by atoms with E-state index in [1.165, 1.54) is 24.3 Å². The van der Waals surface area contributed by atoms with Crippen LogP contribution in [0, 0.1) is 5.82 Å². The summed E-state index contributed by atoms with van der Waals surface area (Å²) in [7, 11) is 0. The summed E-state index contributed by atoms with van der Waals surface area (Å²) in [4.78, 5) is 15.6. The number of carbonyl (C=O) groups excluding carboxylic acids is 1. The standard InChI is InChI=1S/C14H12FN3O/c15-11-5-1-10(2-6-11)14(19)18-13(17)9-3-7-12(16)8-4-9/h1-8H,16H2,(H2,17,18,19). The molecule has 19 heavy (non-hydrogen) atoms. The minimum Gasteiger partial charge on any atom is -0.399 e. The van der Waals surface area contributed by atoms with E-state index in [4.69, 9.17) is 11.5 Å². The summed E-state index contributed by atoms with van der Waals surface area (Å²) >= 11 is 0. The molecule has 0 aliphatic rings. The molecule has 2 aromatic carbocycles. The molecule has 0 bridgehead atoms. The molecule has 0 saturated heterocycles. The second-order valence-corrected chi connectivity index (χ2v) is 3.93. The van der Waals surface area contributed by atoms with Gasteiger partial charge in [-0.3, -0.25) is 4.79 Å². The Morgan fingerprint density at radius 2 is 1.47 bits per heavy atom. The summed E-state index contributed by atoms with van der Waals surface area (Å²) in [6.07, 6.45) is 0. The number of anilines is 1. The molecule has 0 aliphatic carbocycles. The van der Waals surface area contributed by atoms with Gasteiger partial charge in [-0.25, -0.2) is 4.39 Å². The lowest BCUT2D eigenvalue weighted by atomic mass is 10.2. The number of amidine groups is 1. The molecule has 0 unspecified atom stereocenters. The molecule has 96 valence electrons. The van der Waals surface area contributed by atoms with Crippen LogP contribution in [0.5, 0.6) is 0 Å². The van der Waals surface area contributed by atoms with Crippen molar-refractivity contribution in [1.82, 2.24) is 0 Å². The highest BCUT2D eigenvalue weighted by Crippen LogP contribution is 2.07. The topological polar surface area (TPSA) is 81.5 Å². The second-order valence-electron chi connectivity index (χ2n) is 3.93. The largest absolute Gasteiger partial charge is 0.399 e. The van der Waals surface area contributed by atoms with Gasteiger partial charge in [0.1, 0.15) is 11.7 Å². The Morgan fingerprint density at radius 1 is 0.947 bits per heavy atom. The van der Waals surface area contributed by atoms with E-state index in [1.807, 2.05) is 0 Å². The number of nitrogens with zero attached hydrogens (tertiary/aromatic N) is 1. The van der Waals surface area contributed by atoms with E-state index in [2.05, 4.69) is 4.99 Å². The van der Waals surface area contributed by atoms with Gasteiger partial charge in [0.25, 0.3) is 5.91 Å². The van der Waals surface area contributed by atoms with Crippen molar-refractivity contribution >= 4 is 17.4 Å². The normalized spacial score (nSPS) is 11.3. The molecule has 0 saturated carbocycles. The Bertz CT molecular complexity index is 618. The van der Waals surface area contributed by atoms with E-state index >= 15 is 0 Å². The molecule has 2 rings (SSSR count). The van der Waals surface area contributed by atoms with Crippen LogP contribution in [0.2, 0.25) is 0 Å². The summed E-state index contributed by atoms with van der Waals surface area (Å²) in [6, 6.07) is 11.8. The highest BCUT2D eigenvalue weighted by atomic mass is 19.1. The van der Waals surface area contributed by atoms with Crippen molar-refractivity contribution < 1.29 is 9.18 Å². The number of benzene rings is 2. The Kier molecular flexibility index (Phi) is 3.56. The maximum Gasteiger partial charge on any atom is 0.278 e. The van der Waals surface area contributed by atoms with Gasteiger partial charge in [-0.15, -0.1) is 0 Å².